The van der Waals surface area contributed by atoms with Crippen LogP contribution >= 0.6 is 15.9 Å². The Kier molecular flexibility index (Phi) is 5.42. The number of ether oxygens (including phenoxy) is 1. The standard InChI is InChI=1S/C24H18BrNO4/c1-30-18-10-7-15(8-11-18)14-26-22(24(28)29)21(16-5-3-2-4-6-16)20-13-17(25)9-12-19(20)23(26)27/h2-13H,14H2,1H3,(H,28,29). The summed E-state index contributed by atoms with van der Waals surface area (Å²) in [5.74, 6) is -0.459. The number of hydrogen-bond acceptors (Lipinski definition) is 3. The Morgan fingerprint density at radius 3 is 2.33 bits per heavy atom. The summed E-state index contributed by atoms with van der Waals surface area (Å²) in [5.41, 5.74) is 1.68. The van der Waals surface area contributed by atoms with E-state index in [1.807, 2.05) is 42.5 Å². The quantitative estimate of drug-likeness (QED) is 0.442. The molecule has 1 aromatic heterocycles. The van der Waals surface area contributed by atoms with Crippen molar-refractivity contribution in [3.8, 4) is 16.9 Å². The molecule has 0 bridgehead atoms. The summed E-state index contributed by atoms with van der Waals surface area (Å²) >= 11 is 3.44. The lowest BCUT2D eigenvalue weighted by Gasteiger charge is -2.18. The molecule has 0 aliphatic heterocycles. The summed E-state index contributed by atoms with van der Waals surface area (Å²) < 4.78 is 7.29. The normalized spacial score (nSPS) is 10.9. The number of benzene rings is 3. The first-order valence-electron chi connectivity index (χ1n) is 9.27. The first-order valence-corrected chi connectivity index (χ1v) is 10.1. The van der Waals surface area contributed by atoms with E-state index in [-0.39, 0.29) is 17.8 Å². The third kappa shape index (κ3) is 3.62. The van der Waals surface area contributed by atoms with Crippen molar-refractivity contribution in [2.24, 2.45) is 0 Å². The molecule has 0 atom stereocenters. The molecule has 0 saturated carbocycles. The lowest BCUT2D eigenvalue weighted by atomic mass is 9.96. The molecule has 3 aromatic carbocycles. The van der Waals surface area contributed by atoms with Gasteiger partial charge in [0, 0.05) is 15.4 Å². The zero-order valence-corrected chi connectivity index (χ0v) is 17.7. The number of halogens is 1. The fraction of sp³-hybridized carbons (Fsp3) is 0.0833. The van der Waals surface area contributed by atoms with Crippen molar-refractivity contribution in [2.75, 3.05) is 7.11 Å². The van der Waals surface area contributed by atoms with Gasteiger partial charge in [0.25, 0.3) is 5.56 Å². The maximum Gasteiger partial charge on any atom is 0.353 e. The number of carboxylic acids is 1. The number of aromatic carboxylic acids is 1. The first kappa shape index (κ1) is 19.9. The van der Waals surface area contributed by atoms with Crippen LogP contribution in [-0.2, 0) is 6.54 Å². The summed E-state index contributed by atoms with van der Waals surface area (Å²) in [7, 11) is 1.58. The Morgan fingerprint density at radius 1 is 1.00 bits per heavy atom. The van der Waals surface area contributed by atoms with Crippen molar-refractivity contribution in [3.63, 3.8) is 0 Å². The fourth-order valence-corrected chi connectivity index (χ4v) is 3.96. The van der Waals surface area contributed by atoms with Gasteiger partial charge in [-0.2, -0.15) is 0 Å². The van der Waals surface area contributed by atoms with E-state index in [0.29, 0.717) is 22.1 Å². The third-order valence-corrected chi connectivity index (χ3v) is 5.49. The highest BCUT2D eigenvalue weighted by atomic mass is 79.9. The SMILES string of the molecule is COc1ccc(Cn2c(C(=O)O)c(-c3ccccc3)c3cc(Br)ccc3c2=O)cc1. The topological polar surface area (TPSA) is 68.5 Å². The van der Waals surface area contributed by atoms with Gasteiger partial charge in [-0.05, 0) is 46.8 Å². The lowest BCUT2D eigenvalue weighted by molar-refractivity contribution is 0.0685. The molecule has 1 heterocycles. The summed E-state index contributed by atoms with van der Waals surface area (Å²) in [6, 6.07) is 21.8. The van der Waals surface area contributed by atoms with Gasteiger partial charge in [-0.25, -0.2) is 4.79 Å². The maximum atomic E-state index is 13.3. The summed E-state index contributed by atoms with van der Waals surface area (Å²) in [6.07, 6.45) is 0. The smallest absolute Gasteiger partial charge is 0.353 e. The van der Waals surface area contributed by atoms with E-state index in [1.54, 1.807) is 37.4 Å². The second-order valence-corrected chi connectivity index (χ2v) is 7.74. The molecular weight excluding hydrogens is 446 g/mol. The number of fused-ring (bicyclic) bond motifs is 1. The number of carboxylic acid groups (broad SMARTS) is 1. The molecule has 0 aliphatic rings. The zero-order valence-electron chi connectivity index (χ0n) is 16.1. The third-order valence-electron chi connectivity index (χ3n) is 5.00. The van der Waals surface area contributed by atoms with E-state index < -0.39 is 5.97 Å². The van der Waals surface area contributed by atoms with E-state index in [4.69, 9.17) is 4.74 Å². The Balaban J connectivity index is 2.05. The highest BCUT2D eigenvalue weighted by Gasteiger charge is 2.23. The van der Waals surface area contributed by atoms with Crippen LogP contribution in [0.3, 0.4) is 0 Å². The van der Waals surface area contributed by atoms with Crippen LogP contribution in [0.4, 0.5) is 0 Å². The number of pyridine rings is 1. The Morgan fingerprint density at radius 2 is 1.70 bits per heavy atom. The van der Waals surface area contributed by atoms with Crippen molar-refractivity contribution in [1.82, 2.24) is 4.57 Å². The Labute approximate surface area is 181 Å². The van der Waals surface area contributed by atoms with E-state index in [0.717, 1.165) is 15.6 Å². The molecule has 4 rings (SSSR count). The van der Waals surface area contributed by atoms with Gasteiger partial charge in [-0.15, -0.1) is 0 Å². The number of aromatic nitrogens is 1. The number of carbonyl (C=O) groups is 1. The molecule has 0 saturated heterocycles. The van der Waals surface area contributed by atoms with E-state index in [9.17, 15) is 14.7 Å². The van der Waals surface area contributed by atoms with Crippen LogP contribution in [0.5, 0.6) is 5.75 Å². The van der Waals surface area contributed by atoms with Crippen molar-refractivity contribution in [3.05, 3.63) is 98.9 Å². The van der Waals surface area contributed by atoms with Crippen molar-refractivity contribution >= 4 is 32.7 Å². The first-order chi connectivity index (χ1) is 14.5. The minimum Gasteiger partial charge on any atom is -0.497 e. The van der Waals surface area contributed by atoms with Crippen LogP contribution in [0.1, 0.15) is 16.1 Å². The number of rotatable bonds is 5. The van der Waals surface area contributed by atoms with Crippen LogP contribution in [0.2, 0.25) is 0 Å². The highest BCUT2D eigenvalue weighted by Crippen LogP contribution is 2.32. The van der Waals surface area contributed by atoms with Gasteiger partial charge in [0.1, 0.15) is 11.4 Å². The van der Waals surface area contributed by atoms with Crippen molar-refractivity contribution in [1.29, 1.82) is 0 Å². The molecule has 5 nitrogen and oxygen atoms in total. The second kappa shape index (κ2) is 8.16. The molecule has 0 spiro atoms. The van der Waals surface area contributed by atoms with Crippen molar-refractivity contribution < 1.29 is 14.6 Å². The van der Waals surface area contributed by atoms with Crippen molar-refractivity contribution in [2.45, 2.75) is 6.54 Å². The lowest BCUT2D eigenvalue weighted by Crippen LogP contribution is -2.28. The van der Waals surface area contributed by atoms with Gasteiger partial charge >= 0.3 is 5.97 Å². The fourth-order valence-electron chi connectivity index (χ4n) is 3.60. The largest absolute Gasteiger partial charge is 0.497 e. The van der Waals surface area contributed by atoms with E-state index >= 15 is 0 Å². The van der Waals surface area contributed by atoms with Crippen LogP contribution in [0, 0.1) is 0 Å². The maximum absolute atomic E-state index is 13.3. The molecule has 0 unspecified atom stereocenters. The molecule has 0 fully saturated rings. The zero-order chi connectivity index (χ0) is 21.3. The van der Waals surface area contributed by atoms with Gasteiger partial charge in [0.05, 0.1) is 13.7 Å². The number of nitrogens with zero attached hydrogens (tertiary/aromatic N) is 1. The molecule has 150 valence electrons. The Bertz CT molecular complexity index is 1300. The molecular formula is C24H18BrNO4. The van der Waals surface area contributed by atoms with Gasteiger partial charge in [0.15, 0.2) is 0 Å². The minimum atomic E-state index is -1.15. The molecule has 6 heteroatoms. The average Bonchev–Trinajstić information content (AvgIpc) is 2.76. The molecule has 0 aliphatic carbocycles. The predicted molar refractivity (Wildman–Crippen MR) is 120 cm³/mol. The summed E-state index contributed by atoms with van der Waals surface area (Å²) in [5, 5.41) is 11.2. The second-order valence-electron chi connectivity index (χ2n) is 6.82. The highest BCUT2D eigenvalue weighted by molar-refractivity contribution is 9.10. The molecule has 4 aromatic rings. The van der Waals surface area contributed by atoms with Crippen LogP contribution in [-0.4, -0.2) is 22.8 Å². The number of methoxy groups -OCH3 is 1. The minimum absolute atomic E-state index is 0.0346. The van der Waals surface area contributed by atoms with Crippen LogP contribution in [0.15, 0.2) is 82.1 Å². The van der Waals surface area contributed by atoms with Gasteiger partial charge < -0.3 is 9.84 Å². The molecule has 30 heavy (non-hydrogen) atoms. The van der Waals surface area contributed by atoms with Gasteiger partial charge in [0.2, 0.25) is 0 Å². The number of hydrogen-bond donors (Lipinski definition) is 1. The summed E-state index contributed by atoms with van der Waals surface area (Å²) in [4.78, 5) is 25.7. The molecule has 1 N–H and O–H groups in total. The molecule has 0 radical (unpaired) electrons. The van der Waals surface area contributed by atoms with E-state index in [2.05, 4.69) is 15.9 Å². The summed E-state index contributed by atoms with van der Waals surface area (Å²) in [6.45, 7) is 0.135. The molecule has 0 amide bonds. The Hall–Kier alpha value is -3.38. The van der Waals surface area contributed by atoms with Crippen LogP contribution < -0.4 is 10.3 Å². The van der Waals surface area contributed by atoms with Gasteiger partial charge in [-0.3, -0.25) is 9.36 Å². The van der Waals surface area contributed by atoms with Gasteiger partial charge in [-0.1, -0.05) is 58.4 Å². The average molecular weight is 464 g/mol. The van der Waals surface area contributed by atoms with E-state index in [1.165, 1.54) is 4.57 Å². The predicted octanol–water partition coefficient (Wildman–Crippen LogP) is 5.19. The van der Waals surface area contributed by atoms with Crippen LogP contribution in [0.25, 0.3) is 21.9 Å². The monoisotopic (exact) mass is 463 g/mol.